The molecule has 0 aliphatic carbocycles. The number of ether oxygens (including phenoxy) is 1. The highest BCUT2D eigenvalue weighted by atomic mass is 16.5. The molecular weight excluding hydrogens is 260 g/mol. The maximum absolute atomic E-state index is 11.5. The van der Waals surface area contributed by atoms with Crippen molar-refractivity contribution in [1.82, 2.24) is 0 Å². The van der Waals surface area contributed by atoms with Gasteiger partial charge in [-0.3, -0.25) is 4.79 Å². The summed E-state index contributed by atoms with van der Waals surface area (Å²) in [7, 11) is 0. The first kappa shape index (κ1) is 20.5. The van der Waals surface area contributed by atoms with Crippen LogP contribution in [0.2, 0.25) is 0 Å². The molecule has 0 radical (unpaired) electrons. The second-order valence-corrected chi connectivity index (χ2v) is 6.69. The van der Waals surface area contributed by atoms with Crippen LogP contribution in [0.25, 0.3) is 0 Å². The summed E-state index contributed by atoms with van der Waals surface area (Å²) in [5.41, 5.74) is 0. The average Bonchev–Trinajstić information content (AvgIpc) is 2.45. The Morgan fingerprint density at radius 3 is 2.05 bits per heavy atom. The van der Waals surface area contributed by atoms with Gasteiger partial charge < -0.3 is 4.74 Å². The Morgan fingerprint density at radius 2 is 1.38 bits per heavy atom. The Morgan fingerprint density at radius 1 is 0.810 bits per heavy atom. The number of carbonyl (C=O) groups is 1. The van der Waals surface area contributed by atoms with E-state index in [2.05, 4.69) is 20.8 Å². The molecule has 2 nitrogen and oxygen atoms in total. The van der Waals surface area contributed by atoms with E-state index >= 15 is 0 Å². The summed E-state index contributed by atoms with van der Waals surface area (Å²) in [5.74, 6) is 0.840. The van der Waals surface area contributed by atoms with Gasteiger partial charge in [0.1, 0.15) is 0 Å². The summed E-state index contributed by atoms with van der Waals surface area (Å²) >= 11 is 0. The molecule has 0 amide bonds. The number of carbonyl (C=O) groups excluding carboxylic acids is 1. The first-order valence-electron chi connectivity index (χ1n) is 9.32. The predicted molar refractivity (Wildman–Crippen MR) is 91.5 cm³/mol. The van der Waals surface area contributed by atoms with Gasteiger partial charge >= 0.3 is 5.97 Å². The van der Waals surface area contributed by atoms with Crippen LogP contribution in [0.4, 0.5) is 0 Å². The third kappa shape index (κ3) is 17.4. The van der Waals surface area contributed by atoms with E-state index in [1.54, 1.807) is 0 Å². The van der Waals surface area contributed by atoms with Gasteiger partial charge in [-0.15, -0.1) is 0 Å². The molecule has 0 aromatic rings. The van der Waals surface area contributed by atoms with Crippen LogP contribution in [0, 0.1) is 5.92 Å². The molecule has 0 fully saturated rings. The van der Waals surface area contributed by atoms with E-state index in [-0.39, 0.29) is 5.97 Å². The molecule has 0 aliphatic rings. The Kier molecular flexibility index (Phi) is 15.5. The molecule has 0 aliphatic heterocycles. The van der Waals surface area contributed by atoms with E-state index in [9.17, 15) is 4.79 Å². The summed E-state index contributed by atoms with van der Waals surface area (Å²) in [6, 6.07) is 0. The lowest BCUT2D eigenvalue weighted by Crippen LogP contribution is -2.05. The largest absolute Gasteiger partial charge is 0.466 e. The third-order valence-electron chi connectivity index (χ3n) is 3.92. The molecule has 0 atom stereocenters. The van der Waals surface area contributed by atoms with E-state index < -0.39 is 0 Å². The Bertz CT molecular complexity index is 224. The smallest absolute Gasteiger partial charge is 0.305 e. The van der Waals surface area contributed by atoms with Crippen molar-refractivity contribution in [2.75, 3.05) is 6.61 Å². The van der Waals surface area contributed by atoms with Crippen LogP contribution in [0.5, 0.6) is 0 Å². The van der Waals surface area contributed by atoms with Gasteiger partial charge in [-0.2, -0.15) is 0 Å². The van der Waals surface area contributed by atoms with E-state index in [4.69, 9.17) is 4.74 Å². The van der Waals surface area contributed by atoms with Crippen LogP contribution in [0.1, 0.15) is 104 Å². The molecule has 0 spiro atoms. The lowest BCUT2D eigenvalue weighted by atomic mass is 10.0. The van der Waals surface area contributed by atoms with Crippen molar-refractivity contribution in [3.63, 3.8) is 0 Å². The van der Waals surface area contributed by atoms with Gasteiger partial charge in [-0.25, -0.2) is 0 Å². The topological polar surface area (TPSA) is 26.3 Å². The van der Waals surface area contributed by atoms with E-state index in [1.165, 1.54) is 64.2 Å². The first-order chi connectivity index (χ1) is 10.2. The van der Waals surface area contributed by atoms with Crippen molar-refractivity contribution in [2.45, 2.75) is 104 Å². The second kappa shape index (κ2) is 15.9. The highest BCUT2D eigenvalue weighted by Gasteiger charge is 2.02. The van der Waals surface area contributed by atoms with Crippen molar-refractivity contribution in [3.05, 3.63) is 0 Å². The highest BCUT2D eigenvalue weighted by molar-refractivity contribution is 5.69. The predicted octanol–water partition coefficient (Wildman–Crippen LogP) is 6.28. The molecular formula is C19H38O2. The van der Waals surface area contributed by atoms with Crippen LogP contribution in [-0.4, -0.2) is 12.6 Å². The lowest BCUT2D eigenvalue weighted by Gasteiger charge is -2.05. The maximum Gasteiger partial charge on any atom is 0.305 e. The summed E-state index contributed by atoms with van der Waals surface area (Å²) in [4.78, 5) is 11.5. The van der Waals surface area contributed by atoms with Gasteiger partial charge in [0.05, 0.1) is 6.61 Å². The van der Waals surface area contributed by atoms with Gasteiger partial charge in [0.15, 0.2) is 0 Å². The van der Waals surface area contributed by atoms with E-state index in [0.29, 0.717) is 13.0 Å². The van der Waals surface area contributed by atoms with Crippen LogP contribution >= 0.6 is 0 Å². The van der Waals surface area contributed by atoms with Gasteiger partial charge in [0.2, 0.25) is 0 Å². The lowest BCUT2D eigenvalue weighted by molar-refractivity contribution is -0.143. The number of hydrogen-bond donors (Lipinski definition) is 0. The monoisotopic (exact) mass is 298 g/mol. The zero-order valence-electron chi connectivity index (χ0n) is 14.8. The SMILES string of the molecule is CCCCCCCOC(=O)CCCCCCCCC(C)C. The second-order valence-electron chi connectivity index (χ2n) is 6.69. The van der Waals surface area contributed by atoms with E-state index in [1.807, 2.05) is 0 Å². The van der Waals surface area contributed by atoms with E-state index in [0.717, 1.165) is 18.8 Å². The molecule has 0 unspecified atom stereocenters. The molecule has 21 heavy (non-hydrogen) atoms. The molecule has 0 saturated heterocycles. The van der Waals surface area contributed by atoms with Crippen molar-refractivity contribution in [3.8, 4) is 0 Å². The van der Waals surface area contributed by atoms with Gasteiger partial charge in [-0.05, 0) is 18.8 Å². The fourth-order valence-corrected chi connectivity index (χ4v) is 2.49. The standard InChI is InChI=1S/C19H38O2/c1-4-5-6-11-14-17-21-19(20)16-13-10-8-7-9-12-15-18(2)3/h18H,4-17H2,1-3H3. The van der Waals surface area contributed by atoms with Gasteiger partial charge in [0.25, 0.3) is 0 Å². The fraction of sp³-hybridized carbons (Fsp3) is 0.947. The first-order valence-corrected chi connectivity index (χ1v) is 9.32. The number of unbranched alkanes of at least 4 members (excludes halogenated alkanes) is 9. The molecule has 0 aromatic carbocycles. The van der Waals surface area contributed by atoms with Crippen LogP contribution in [0.15, 0.2) is 0 Å². The van der Waals surface area contributed by atoms with Crippen LogP contribution in [-0.2, 0) is 9.53 Å². The number of rotatable bonds is 15. The zero-order chi connectivity index (χ0) is 15.8. The van der Waals surface area contributed by atoms with Crippen molar-refractivity contribution >= 4 is 5.97 Å². The van der Waals surface area contributed by atoms with Crippen LogP contribution in [0.3, 0.4) is 0 Å². The van der Waals surface area contributed by atoms with Crippen molar-refractivity contribution in [1.29, 1.82) is 0 Å². The molecule has 2 heteroatoms. The highest BCUT2D eigenvalue weighted by Crippen LogP contribution is 2.12. The van der Waals surface area contributed by atoms with Crippen LogP contribution < -0.4 is 0 Å². The zero-order valence-corrected chi connectivity index (χ0v) is 14.8. The van der Waals surface area contributed by atoms with Gasteiger partial charge in [0, 0.05) is 6.42 Å². The Balaban J connectivity index is 3.16. The minimum atomic E-state index is 0.00491. The Labute approximate surface area is 133 Å². The maximum atomic E-state index is 11.5. The van der Waals surface area contributed by atoms with Crippen molar-refractivity contribution < 1.29 is 9.53 Å². The number of hydrogen-bond acceptors (Lipinski definition) is 2. The molecule has 0 heterocycles. The fourth-order valence-electron chi connectivity index (χ4n) is 2.49. The minimum Gasteiger partial charge on any atom is -0.466 e. The number of esters is 1. The molecule has 0 saturated carbocycles. The average molecular weight is 299 g/mol. The third-order valence-corrected chi connectivity index (χ3v) is 3.92. The quantitative estimate of drug-likeness (QED) is 0.263. The molecule has 126 valence electrons. The minimum absolute atomic E-state index is 0.00491. The summed E-state index contributed by atoms with van der Waals surface area (Å²) in [6.07, 6.45) is 15.5. The summed E-state index contributed by atoms with van der Waals surface area (Å²) < 4.78 is 5.25. The molecule has 0 bridgehead atoms. The van der Waals surface area contributed by atoms with Gasteiger partial charge in [-0.1, -0.05) is 85.0 Å². The Hall–Kier alpha value is -0.530. The molecule has 0 aromatic heterocycles. The van der Waals surface area contributed by atoms with Crippen molar-refractivity contribution in [2.24, 2.45) is 5.92 Å². The molecule has 0 rings (SSSR count). The summed E-state index contributed by atoms with van der Waals surface area (Å²) in [5, 5.41) is 0. The summed E-state index contributed by atoms with van der Waals surface area (Å²) in [6.45, 7) is 7.41. The normalized spacial score (nSPS) is 11.0. The molecule has 0 N–H and O–H groups in total.